The van der Waals surface area contributed by atoms with Crippen molar-refractivity contribution in [3.8, 4) is 67.3 Å². The van der Waals surface area contributed by atoms with E-state index in [9.17, 15) is 0 Å². The molecule has 0 aliphatic heterocycles. The summed E-state index contributed by atoms with van der Waals surface area (Å²) in [6.45, 7) is 2.10. The van der Waals surface area contributed by atoms with Gasteiger partial charge in [0.25, 0.3) is 0 Å². The summed E-state index contributed by atoms with van der Waals surface area (Å²) in [5.74, 6) is 0.634. The number of hydrogen-bond acceptors (Lipinski definition) is 8. The highest BCUT2D eigenvalue weighted by Gasteiger charge is 2.15. The van der Waals surface area contributed by atoms with E-state index >= 15 is 0 Å². The van der Waals surface area contributed by atoms with Gasteiger partial charge in [0, 0.05) is 77.4 Å². The summed E-state index contributed by atoms with van der Waals surface area (Å²) in [7, 11) is 7.30. The predicted molar refractivity (Wildman–Crippen MR) is 227 cm³/mol. The quantitative estimate of drug-likeness (QED) is 0.0820. The normalized spacial score (nSPS) is 10.6. The number of anilines is 5. The molecular formula is C45H46N8. The van der Waals surface area contributed by atoms with Crippen LogP contribution in [0.15, 0.2) is 133 Å². The Kier molecular flexibility index (Phi) is 11.0. The fourth-order valence-corrected chi connectivity index (χ4v) is 6.52. The molecule has 0 amide bonds. The molecule has 0 radical (unpaired) electrons. The summed E-state index contributed by atoms with van der Waals surface area (Å²) in [6, 6.07) is 45.6. The molecule has 0 aliphatic carbocycles. The van der Waals surface area contributed by atoms with Crippen molar-refractivity contribution in [1.29, 1.82) is 0 Å². The van der Waals surface area contributed by atoms with E-state index in [1.807, 2.05) is 51.5 Å². The van der Waals surface area contributed by atoms with Crippen LogP contribution in [0.2, 0.25) is 0 Å². The van der Waals surface area contributed by atoms with Gasteiger partial charge in [0.15, 0.2) is 5.82 Å². The number of benzene rings is 6. The summed E-state index contributed by atoms with van der Waals surface area (Å²) in [5.41, 5.74) is 33.5. The minimum Gasteiger partial charge on any atom is -0.399 e. The van der Waals surface area contributed by atoms with Crippen molar-refractivity contribution in [1.82, 2.24) is 9.97 Å². The van der Waals surface area contributed by atoms with Crippen LogP contribution in [0.25, 0.3) is 67.3 Å². The highest BCUT2D eigenvalue weighted by molar-refractivity contribution is 5.86. The Morgan fingerprint density at radius 3 is 1.45 bits per heavy atom. The Balaban J connectivity index is 0.00000236. The van der Waals surface area contributed by atoms with Crippen molar-refractivity contribution in [2.45, 2.75) is 6.92 Å². The van der Waals surface area contributed by atoms with E-state index in [4.69, 9.17) is 21.4 Å². The lowest BCUT2D eigenvalue weighted by Gasteiger charge is -2.15. The van der Waals surface area contributed by atoms with Gasteiger partial charge in [-0.1, -0.05) is 60.7 Å². The molecule has 8 heteroatoms. The van der Waals surface area contributed by atoms with Gasteiger partial charge in [0.05, 0.1) is 11.4 Å². The van der Waals surface area contributed by atoms with E-state index in [1.54, 1.807) is 0 Å². The number of aryl methyl sites for hydroxylation is 1. The van der Waals surface area contributed by atoms with E-state index in [-0.39, 0.29) is 0 Å². The van der Waals surface area contributed by atoms with E-state index in [0.717, 1.165) is 89.8 Å². The van der Waals surface area contributed by atoms with Crippen LogP contribution in [0.1, 0.15) is 5.56 Å². The third kappa shape index (κ3) is 7.83. The summed E-state index contributed by atoms with van der Waals surface area (Å²) < 4.78 is 0. The second-order valence-electron chi connectivity index (χ2n) is 12.6. The summed E-state index contributed by atoms with van der Waals surface area (Å²) >= 11 is 0. The monoisotopic (exact) mass is 698 g/mol. The average Bonchev–Trinajstić information content (AvgIpc) is 3.22. The van der Waals surface area contributed by atoms with Crippen LogP contribution in [0.4, 0.5) is 28.4 Å². The van der Waals surface area contributed by atoms with Gasteiger partial charge in [-0.25, -0.2) is 9.97 Å². The molecule has 8 nitrogen and oxygen atoms in total. The van der Waals surface area contributed by atoms with Gasteiger partial charge in [-0.2, -0.15) is 0 Å². The Morgan fingerprint density at radius 1 is 0.434 bits per heavy atom. The number of aromatic nitrogens is 2. The van der Waals surface area contributed by atoms with Crippen LogP contribution in [0.5, 0.6) is 0 Å². The summed E-state index contributed by atoms with van der Waals surface area (Å²) in [6.07, 6.45) is 0. The minimum atomic E-state index is 0.634. The van der Waals surface area contributed by atoms with Crippen molar-refractivity contribution >= 4 is 28.4 Å². The molecule has 0 unspecified atom stereocenters. The zero-order chi connectivity index (χ0) is 37.5. The van der Waals surface area contributed by atoms with Gasteiger partial charge in [0.1, 0.15) is 0 Å². The maximum Gasteiger partial charge on any atom is 0.160 e. The van der Waals surface area contributed by atoms with Crippen LogP contribution in [0, 0.1) is 6.92 Å². The summed E-state index contributed by atoms with van der Waals surface area (Å²) in [5, 5.41) is 9.92. The van der Waals surface area contributed by atoms with Crippen molar-refractivity contribution in [3.63, 3.8) is 0 Å². The fourth-order valence-electron chi connectivity index (χ4n) is 6.52. The average molecular weight is 699 g/mol. The van der Waals surface area contributed by atoms with Crippen molar-refractivity contribution < 1.29 is 0 Å². The molecule has 0 atom stereocenters. The third-order valence-electron chi connectivity index (χ3n) is 9.25. The molecule has 9 N–H and O–H groups in total. The molecule has 0 saturated carbocycles. The Morgan fingerprint density at radius 2 is 0.887 bits per heavy atom. The lowest BCUT2D eigenvalue weighted by molar-refractivity contribution is 1.18. The first-order chi connectivity index (χ1) is 25.8. The Bertz CT molecular complexity index is 2380. The smallest absolute Gasteiger partial charge is 0.160 e. The lowest BCUT2D eigenvalue weighted by atomic mass is 9.97. The molecular weight excluding hydrogens is 653 g/mol. The zero-order valence-electron chi connectivity index (χ0n) is 30.8. The maximum atomic E-state index is 6.23. The SMILES string of the molecule is CN.CNc1ccc(NC)c(-c2cccc(-c3cc(-c4cccc(-c5cc(N)ccc5NC)c4)nc(-c4cccc(-c5cc(N)ccc5C)c4)n3)c2)c1. The highest BCUT2D eigenvalue weighted by Crippen LogP contribution is 2.37. The van der Waals surface area contributed by atoms with Crippen molar-refractivity contribution in [2.24, 2.45) is 5.73 Å². The molecule has 7 rings (SSSR count). The van der Waals surface area contributed by atoms with Gasteiger partial charge >= 0.3 is 0 Å². The van der Waals surface area contributed by atoms with Gasteiger partial charge in [-0.15, -0.1) is 0 Å². The number of rotatable bonds is 9. The molecule has 1 aromatic heterocycles. The first kappa shape index (κ1) is 36.2. The van der Waals surface area contributed by atoms with E-state index in [1.165, 1.54) is 7.05 Å². The van der Waals surface area contributed by atoms with Crippen molar-refractivity contribution in [2.75, 3.05) is 55.6 Å². The van der Waals surface area contributed by atoms with Gasteiger partial charge < -0.3 is 33.2 Å². The number of nitrogens with two attached hydrogens (primary N) is 3. The Labute approximate surface area is 312 Å². The molecule has 0 saturated heterocycles. The fraction of sp³-hybridized carbons (Fsp3) is 0.111. The molecule has 0 spiro atoms. The Hall–Kier alpha value is -6.64. The van der Waals surface area contributed by atoms with Crippen molar-refractivity contribution in [3.05, 3.63) is 139 Å². The van der Waals surface area contributed by atoms with Gasteiger partial charge in [0.2, 0.25) is 0 Å². The number of nitrogen functional groups attached to an aromatic ring is 2. The lowest BCUT2D eigenvalue weighted by Crippen LogP contribution is -1.98. The summed E-state index contributed by atoms with van der Waals surface area (Å²) in [4.78, 5) is 10.4. The van der Waals surface area contributed by atoms with Crippen LogP contribution < -0.4 is 33.2 Å². The van der Waals surface area contributed by atoms with E-state index in [0.29, 0.717) is 11.5 Å². The molecule has 0 fully saturated rings. The minimum absolute atomic E-state index is 0.634. The van der Waals surface area contributed by atoms with Crippen LogP contribution >= 0.6 is 0 Å². The topological polar surface area (TPSA) is 140 Å². The molecule has 0 aliphatic rings. The van der Waals surface area contributed by atoms with Crippen LogP contribution in [0.3, 0.4) is 0 Å². The molecule has 266 valence electrons. The third-order valence-corrected chi connectivity index (χ3v) is 9.25. The predicted octanol–water partition coefficient (Wildman–Crippen LogP) is 9.65. The second kappa shape index (κ2) is 16.1. The number of hydrogen-bond donors (Lipinski definition) is 6. The van der Waals surface area contributed by atoms with Gasteiger partial charge in [-0.3, -0.25) is 0 Å². The largest absolute Gasteiger partial charge is 0.399 e. The second-order valence-corrected chi connectivity index (χ2v) is 12.6. The van der Waals surface area contributed by atoms with Crippen LogP contribution in [-0.2, 0) is 0 Å². The first-order valence-corrected chi connectivity index (χ1v) is 17.6. The number of nitrogens with zero attached hydrogens (tertiary/aromatic N) is 2. The standard InChI is InChI=1S/C44H41N7.CH5N/c1-27-14-15-34(45)23-37(27)28-8-7-13-33(22-28)44-50-42(31-11-5-9-29(20-31)38-24-35(46)16-18-40(38)48-3)26-43(51-44)32-12-6-10-30(21-32)39-25-36(47-2)17-19-41(39)49-4;1-2/h5-26,47-49H,45-46H2,1-4H3;2H2,1H3. The molecule has 53 heavy (non-hydrogen) atoms. The molecule has 7 aromatic rings. The van der Waals surface area contributed by atoms with E-state index < -0.39 is 0 Å². The van der Waals surface area contributed by atoms with E-state index in [2.05, 4.69) is 132 Å². The molecule has 0 bridgehead atoms. The highest BCUT2D eigenvalue weighted by atomic mass is 14.9. The first-order valence-electron chi connectivity index (χ1n) is 17.6. The van der Waals surface area contributed by atoms with Gasteiger partial charge in [-0.05, 0) is 115 Å². The molecule has 6 aromatic carbocycles. The molecule has 1 heterocycles. The number of nitrogens with one attached hydrogen (secondary N) is 3. The zero-order valence-corrected chi connectivity index (χ0v) is 30.8. The maximum absolute atomic E-state index is 6.23. The van der Waals surface area contributed by atoms with Crippen LogP contribution in [-0.4, -0.2) is 38.2 Å².